The van der Waals surface area contributed by atoms with Crippen LogP contribution in [0.5, 0.6) is 11.5 Å². The molecule has 1 aliphatic carbocycles. The monoisotopic (exact) mass is 439 g/mol. The third kappa shape index (κ3) is 4.43. The van der Waals surface area contributed by atoms with Gasteiger partial charge in [-0.3, -0.25) is 14.5 Å². The van der Waals surface area contributed by atoms with E-state index in [4.69, 9.17) is 9.47 Å². The van der Waals surface area contributed by atoms with Crippen molar-refractivity contribution in [1.82, 2.24) is 19.6 Å². The average Bonchev–Trinajstić information content (AvgIpc) is 3.51. The number of hydrogen-bond donors (Lipinski definition) is 1. The summed E-state index contributed by atoms with van der Waals surface area (Å²) in [6.07, 6.45) is 5.77. The van der Waals surface area contributed by atoms with E-state index >= 15 is 0 Å². The van der Waals surface area contributed by atoms with Crippen LogP contribution >= 0.6 is 0 Å². The van der Waals surface area contributed by atoms with Crippen molar-refractivity contribution in [3.63, 3.8) is 0 Å². The molecule has 3 heterocycles. The van der Waals surface area contributed by atoms with Gasteiger partial charge >= 0.3 is 0 Å². The van der Waals surface area contributed by atoms with Crippen molar-refractivity contribution in [2.24, 2.45) is 0 Å². The van der Waals surface area contributed by atoms with Crippen molar-refractivity contribution in [3.05, 3.63) is 36.5 Å². The Balaban J connectivity index is 1.09. The van der Waals surface area contributed by atoms with Gasteiger partial charge in [-0.1, -0.05) is 25.0 Å². The number of nitrogens with one attached hydrogen (secondary N) is 1. The Morgan fingerprint density at radius 3 is 2.56 bits per heavy atom. The highest BCUT2D eigenvalue weighted by molar-refractivity contribution is 5.91. The number of nitrogens with zero attached hydrogens (tertiary/aromatic N) is 4. The predicted molar refractivity (Wildman–Crippen MR) is 118 cm³/mol. The number of carbonyl (C=O) groups excluding carboxylic acids is 2. The number of piperazine rings is 1. The van der Waals surface area contributed by atoms with Crippen LogP contribution in [0.25, 0.3) is 0 Å². The van der Waals surface area contributed by atoms with Crippen molar-refractivity contribution in [3.8, 4) is 11.5 Å². The molecule has 2 amide bonds. The highest BCUT2D eigenvalue weighted by Gasteiger charge is 2.33. The molecule has 32 heavy (non-hydrogen) atoms. The minimum absolute atomic E-state index is 0.0508. The largest absolute Gasteiger partial charge is 0.485 e. The Morgan fingerprint density at radius 2 is 1.78 bits per heavy atom. The lowest BCUT2D eigenvalue weighted by Crippen LogP contribution is -2.55. The van der Waals surface area contributed by atoms with Crippen molar-refractivity contribution >= 4 is 17.6 Å². The molecule has 0 spiro atoms. The van der Waals surface area contributed by atoms with Gasteiger partial charge < -0.3 is 19.7 Å². The molecule has 1 aromatic heterocycles. The topological polar surface area (TPSA) is 88.9 Å². The lowest BCUT2D eigenvalue weighted by Gasteiger charge is -2.36. The van der Waals surface area contributed by atoms with Crippen LogP contribution in [0.1, 0.15) is 31.7 Å². The molecule has 5 rings (SSSR count). The number of carbonyl (C=O) groups is 2. The molecule has 3 aliphatic rings. The fourth-order valence-corrected chi connectivity index (χ4v) is 4.71. The molecule has 170 valence electrons. The number of hydrogen-bond acceptors (Lipinski definition) is 6. The van der Waals surface area contributed by atoms with Gasteiger partial charge in [-0.15, -0.1) is 0 Å². The SMILES string of the molecule is O=C(CN1CCN(C(=O)C2COc3ccccc3O2)CC1)Nc1ccnn1C1CCCC1. The Kier molecular flexibility index (Phi) is 5.98. The molecule has 2 fully saturated rings. The molecule has 1 unspecified atom stereocenters. The molecule has 1 saturated carbocycles. The van der Waals surface area contributed by atoms with Gasteiger partial charge in [-0.25, -0.2) is 4.68 Å². The van der Waals surface area contributed by atoms with E-state index < -0.39 is 6.10 Å². The summed E-state index contributed by atoms with van der Waals surface area (Å²) in [6, 6.07) is 9.62. The zero-order chi connectivity index (χ0) is 21.9. The van der Waals surface area contributed by atoms with Gasteiger partial charge in [0.25, 0.3) is 5.91 Å². The van der Waals surface area contributed by atoms with Crippen molar-refractivity contribution in [2.45, 2.75) is 37.8 Å². The number of ether oxygens (including phenoxy) is 2. The molecule has 1 atom stereocenters. The first-order valence-electron chi connectivity index (χ1n) is 11.4. The average molecular weight is 440 g/mol. The van der Waals surface area contributed by atoms with Crippen molar-refractivity contribution < 1.29 is 19.1 Å². The number of anilines is 1. The Bertz CT molecular complexity index is 963. The van der Waals surface area contributed by atoms with E-state index in [0.29, 0.717) is 50.3 Å². The van der Waals surface area contributed by atoms with E-state index in [-0.39, 0.29) is 18.4 Å². The summed E-state index contributed by atoms with van der Waals surface area (Å²) in [6.45, 7) is 2.93. The maximum atomic E-state index is 12.9. The molecule has 9 heteroatoms. The molecule has 2 aliphatic heterocycles. The summed E-state index contributed by atoms with van der Waals surface area (Å²) in [5, 5.41) is 7.42. The lowest BCUT2D eigenvalue weighted by molar-refractivity contribution is -0.143. The van der Waals surface area contributed by atoms with Gasteiger partial charge in [0.05, 0.1) is 18.8 Å². The first-order chi connectivity index (χ1) is 15.7. The summed E-state index contributed by atoms with van der Waals surface area (Å²) in [5.74, 6) is 1.92. The van der Waals surface area contributed by atoms with Crippen LogP contribution in [0, 0.1) is 0 Å². The second kappa shape index (κ2) is 9.20. The molecule has 0 radical (unpaired) electrons. The van der Waals surface area contributed by atoms with Crippen LogP contribution in [-0.2, 0) is 9.59 Å². The van der Waals surface area contributed by atoms with Crippen LogP contribution in [0.15, 0.2) is 36.5 Å². The van der Waals surface area contributed by atoms with E-state index in [9.17, 15) is 9.59 Å². The standard InChI is InChI=1S/C23H29N5O4/c29-22(25-21-9-10-24-28(21)17-5-1-2-6-17)15-26-11-13-27(14-12-26)23(30)20-16-31-18-7-3-4-8-19(18)32-20/h3-4,7-10,17,20H,1-2,5-6,11-16H2,(H,25,29). The summed E-state index contributed by atoms with van der Waals surface area (Å²) in [5.41, 5.74) is 0. The molecule has 1 saturated heterocycles. The number of para-hydroxylation sites is 2. The Labute approximate surface area is 187 Å². The Hall–Kier alpha value is -3.07. The number of fused-ring (bicyclic) bond motifs is 1. The first-order valence-corrected chi connectivity index (χ1v) is 11.4. The highest BCUT2D eigenvalue weighted by atomic mass is 16.6. The van der Waals surface area contributed by atoms with E-state index in [0.717, 1.165) is 18.7 Å². The van der Waals surface area contributed by atoms with Crippen LogP contribution in [0.4, 0.5) is 5.82 Å². The molecule has 1 N–H and O–H groups in total. The van der Waals surface area contributed by atoms with E-state index in [1.807, 2.05) is 35.0 Å². The number of aromatic nitrogens is 2. The maximum Gasteiger partial charge on any atom is 0.267 e. The number of benzene rings is 1. The smallest absolute Gasteiger partial charge is 0.267 e. The quantitative estimate of drug-likeness (QED) is 0.766. The predicted octanol–water partition coefficient (Wildman–Crippen LogP) is 1.92. The van der Waals surface area contributed by atoms with Gasteiger partial charge in [-0.2, -0.15) is 5.10 Å². The minimum Gasteiger partial charge on any atom is -0.485 e. The van der Waals surface area contributed by atoms with Gasteiger partial charge in [0.1, 0.15) is 12.4 Å². The van der Waals surface area contributed by atoms with Gasteiger partial charge in [-0.05, 0) is 25.0 Å². The second-order valence-electron chi connectivity index (χ2n) is 8.61. The van der Waals surface area contributed by atoms with E-state index in [1.54, 1.807) is 11.1 Å². The molecule has 2 aromatic rings. The second-order valence-corrected chi connectivity index (χ2v) is 8.61. The summed E-state index contributed by atoms with van der Waals surface area (Å²) in [4.78, 5) is 29.4. The normalized spacial score (nSPS) is 21.5. The zero-order valence-corrected chi connectivity index (χ0v) is 18.1. The lowest BCUT2D eigenvalue weighted by atomic mass is 10.2. The Morgan fingerprint density at radius 1 is 1.03 bits per heavy atom. The van der Waals surface area contributed by atoms with Gasteiger partial charge in [0, 0.05) is 32.2 Å². The van der Waals surface area contributed by atoms with Crippen molar-refractivity contribution in [1.29, 1.82) is 0 Å². The van der Waals surface area contributed by atoms with Gasteiger partial charge in [0.15, 0.2) is 11.5 Å². The van der Waals surface area contributed by atoms with Gasteiger partial charge in [0.2, 0.25) is 12.0 Å². The maximum absolute atomic E-state index is 12.9. The molecular formula is C23H29N5O4. The van der Waals surface area contributed by atoms with Crippen LogP contribution in [0.2, 0.25) is 0 Å². The minimum atomic E-state index is -0.629. The molecular weight excluding hydrogens is 410 g/mol. The highest BCUT2D eigenvalue weighted by Crippen LogP contribution is 2.32. The van der Waals surface area contributed by atoms with Crippen LogP contribution in [-0.4, -0.2) is 76.8 Å². The third-order valence-corrected chi connectivity index (χ3v) is 6.44. The molecule has 1 aromatic carbocycles. The third-order valence-electron chi connectivity index (χ3n) is 6.44. The fourth-order valence-electron chi connectivity index (χ4n) is 4.71. The number of amides is 2. The van der Waals surface area contributed by atoms with Crippen LogP contribution < -0.4 is 14.8 Å². The van der Waals surface area contributed by atoms with E-state index in [1.165, 1.54) is 12.8 Å². The fraction of sp³-hybridized carbons (Fsp3) is 0.522. The van der Waals surface area contributed by atoms with Crippen LogP contribution in [0.3, 0.4) is 0 Å². The summed E-state index contributed by atoms with van der Waals surface area (Å²) >= 11 is 0. The molecule has 9 nitrogen and oxygen atoms in total. The van der Waals surface area contributed by atoms with E-state index in [2.05, 4.69) is 15.3 Å². The number of rotatable bonds is 5. The first kappa shape index (κ1) is 20.8. The summed E-state index contributed by atoms with van der Waals surface area (Å²) < 4.78 is 13.5. The zero-order valence-electron chi connectivity index (χ0n) is 18.1. The van der Waals surface area contributed by atoms with Crippen molar-refractivity contribution in [2.75, 3.05) is 44.6 Å². The summed E-state index contributed by atoms with van der Waals surface area (Å²) in [7, 11) is 0. The molecule has 0 bridgehead atoms.